The van der Waals surface area contributed by atoms with Gasteiger partial charge in [-0.1, -0.05) is 0 Å². The number of piperidine rings is 2. The van der Waals surface area contributed by atoms with Crippen LogP contribution in [0.25, 0.3) is 0 Å². The molecule has 0 aromatic carbocycles. The summed E-state index contributed by atoms with van der Waals surface area (Å²) in [6, 6.07) is 0. The van der Waals surface area contributed by atoms with Crippen LogP contribution in [0.4, 0.5) is 0 Å². The Labute approximate surface area is 170 Å². The average molecular weight is 397 g/mol. The largest absolute Gasteiger partial charge is 0.367 e. The first kappa shape index (κ1) is 23.1. The summed E-state index contributed by atoms with van der Waals surface area (Å²) in [5.41, 5.74) is -0.834. The van der Waals surface area contributed by atoms with Gasteiger partial charge in [-0.3, -0.25) is 9.59 Å². The molecule has 0 aromatic heterocycles. The molecule has 0 spiro atoms. The van der Waals surface area contributed by atoms with Crippen molar-refractivity contribution < 1.29 is 19.3 Å². The number of rotatable bonds is 5. The fourth-order valence-corrected chi connectivity index (χ4v) is 4.95. The third-order valence-corrected chi connectivity index (χ3v) is 6.27. The Kier molecular flexibility index (Phi) is 6.56. The van der Waals surface area contributed by atoms with Gasteiger partial charge in [0.25, 0.3) is 0 Å². The van der Waals surface area contributed by atoms with Gasteiger partial charge in [0.05, 0.1) is 35.0 Å². The first-order valence-corrected chi connectivity index (χ1v) is 10.7. The van der Waals surface area contributed by atoms with E-state index in [0.717, 1.165) is 38.5 Å². The van der Waals surface area contributed by atoms with E-state index in [1.54, 1.807) is 0 Å². The van der Waals surface area contributed by atoms with Crippen molar-refractivity contribution in [2.24, 2.45) is 0 Å². The third kappa shape index (κ3) is 5.26. The average Bonchev–Trinajstić information content (AvgIpc) is 2.52. The molecule has 0 saturated carbocycles. The molecule has 0 aliphatic carbocycles. The van der Waals surface area contributed by atoms with E-state index in [2.05, 4.69) is 55.4 Å². The van der Waals surface area contributed by atoms with Crippen LogP contribution in [0.3, 0.4) is 0 Å². The Morgan fingerprint density at radius 1 is 0.607 bits per heavy atom. The first-order valence-electron chi connectivity index (χ1n) is 10.7. The molecule has 2 rings (SSSR count). The summed E-state index contributed by atoms with van der Waals surface area (Å²) < 4.78 is 0. The minimum Gasteiger partial charge on any atom is -0.367 e. The van der Waals surface area contributed by atoms with Crippen molar-refractivity contribution in [3.05, 3.63) is 0 Å². The van der Waals surface area contributed by atoms with Crippen molar-refractivity contribution in [2.45, 2.75) is 129 Å². The fraction of sp³-hybridized carbons (Fsp3) is 0.909. The van der Waals surface area contributed by atoms with Crippen LogP contribution in [0, 0.1) is 0 Å². The van der Waals surface area contributed by atoms with E-state index in [1.165, 1.54) is 0 Å². The number of carbonyl (C=O) groups excluding carboxylic acids is 2. The predicted molar refractivity (Wildman–Crippen MR) is 109 cm³/mol. The Morgan fingerprint density at radius 2 is 0.857 bits per heavy atom. The topological polar surface area (TPSA) is 59.1 Å². The molecule has 6 heteroatoms. The summed E-state index contributed by atoms with van der Waals surface area (Å²) in [5, 5.41) is 3.65. The van der Waals surface area contributed by atoms with E-state index in [4.69, 9.17) is 9.68 Å². The van der Waals surface area contributed by atoms with E-state index in [9.17, 15) is 9.59 Å². The standard InChI is InChI=1S/C22H40N2O4/c1-19(2)13-9-14-20(3,4)23(19)27-17(25)11-12-18(26)28-24-21(5,6)15-10-16-22(24,7)8/h9-16H2,1-8H3. The van der Waals surface area contributed by atoms with Gasteiger partial charge in [0.2, 0.25) is 0 Å². The molecule has 2 aliphatic heterocycles. The third-order valence-electron chi connectivity index (χ3n) is 6.27. The maximum atomic E-state index is 12.5. The van der Waals surface area contributed by atoms with Crippen LogP contribution in [0.5, 0.6) is 0 Å². The van der Waals surface area contributed by atoms with Gasteiger partial charge in [-0.2, -0.15) is 0 Å². The molecular formula is C22H40N2O4. The fourth-order valence-electron chi connectivity index (χ4n) is 4.95. The van der Waals surface area contributed by atoms with Crippen LogP contribution in [-0.2, 0) is 19.3 Å². The van der Waals surface area contributed by atoms with E-state index in [1.807, 2.05) is 10.1 Å². The van der Waals surface area contributed by atoms with E-state index >= 15 is 0 Å². The van der Waals surface area contributed by atoms with Crippen LogP contribution in [0.1, 0.15) is 107 Å². The molecule has 2 saturated heterocycles. The predicted octanol–water partition coefficient (Wildman–Crippen LogP) is 4.77. The van der Waals surface area contributed by atoms with Gasteiger partial charge in [0, 0.05) is 0 Å². The molecule has 0 unspecified atom stereocenters. The normalized spacial score (nSPS) is 26.4. The van der Waals surface area contributed by atoms with Gasteiger partial charge in [-0.25, -0.2) is 0 Å². The summed E-state index contributed by atoms with van der Waals surface area (Å²) in [4.78, 5) is 36.3. The Hall–Kier alpha value is -1.14. The van der Waals surface area contributed by atoms with Crippen LogP contribution in [0.15, 0.2) is 0 Å². The first-order chi connectivity index (χ1) is 12.7. The highest BCUT2D eigenvalue weighted by atomic mass is 16.7. The SMILES string of the molecule is CC1(C)CCCC(C)(C)N1OC(=O)CCC(=O)ON1C(C)(C)CCCC1(C)C. The summed E-state index contributed by atoms with van der Waals surface area (Å²) in [6.45, 7) is 16.7. The number of nitrogens with zero attached hydrogens (tertiary/aromatic N) is 2. The number of hydrogen-bond acceptors (Lipinski definition) is 6. The highest BCUT2D eigenvalue weighted by Gasteiger charge is 2.45. The van der Waals surface area contributed by atoms with Crippen LogP contribution >= 0.6 is 0 Å². The smallest absolute Gasteiger partial charge is 0.325 e. The zero-order valence-corrected chi connectivity index (χ0v) is 19.2. The lowest BCUT2D eigenvalue weighted by Crippen LogP contribution is -2.59. The van der Waals surface area contributed by atoms with Crippen LogP contribution < -0.4 is 0 Å². The molecule has 2 fully saturated rings. The molecule has 0 bridgehead atoms. The van der Waals surface area contributed by atoms with Gasteiger partial charge in [0.1, 0.15) is 0 Å². The Morgan fingerprint density at radius 3 is 1.11 bits per heavy atom. The molecule has 2 heterocycles. The highest BCUT2D eigenvalue weighted by molar-refractivity contribution is 5.77. The zero-order valence-electron chi connectivity index (χ0n) is 19.2. The van der Waals surface area contributed by atoms with Crippen molar-refractivity contribution in [2.75, 3.05) is 0 Å². The molecule has 6 nitrogen and oxygen atoms in total. The molecule has 0 radical (unpaired) electrons. The second kappa shape index (κ2) is 7.94. The van der Waals surface area contributed by atoms with Crippen LogP contribution in [0.2, 0.25) is 0 Å². The highest BCUT2D eigenvalue weighted by Crippen LogP contribution is 2.39. The summed E-state index contributed by atoms with van der Waals surface area (Å²) in [7, 11) is 0. The Balaban J connectivity index is 1.91. The summed E-state index contributed by atoms with van der Waals surface area (Å²) in [5.74, 6) is -0.755. The summed E-state index contributed by atoms with van der Waals surface area (Å²) in [6.07, 6.45) is 6.18. The van der Waals surface area contributed by atoms with Gasteiger partial charge < -0.3 is 9.68 Å². The molecule has 28 heavy (non-hydrogen) atoms. The Bertz CT molecular complexity index is 511. The minimum absolute atomic E-state index is 0.0240. The molecular weight excluding hydrogens is 356 g/mol. The number of hydroxylamine groups is 4. The second-order valence-corrected chi connectivity index (χ2v) is 11.0. The van der Waals surface area contributed by atoms with E-state index in [-0.39, 0.29) is 46.9 Å². The van der Waals surface area contributed by atoms with Gasteiger partial charge in [-0.15, -0.1) is 10.1 Å². The zero-order chi connectivity index (χ0) is 21.4. The van der Waals surface area contributed by atoms with Crippen molar-refractivity contribution in [1.82, 2.24) is 10.1 Å². The lowest BCUT2D eigenvalue weighted by atomic mass is 9.82. The second-order valence-electron chi connectivity index (χ2n) is 11.0. The maximum absolute atomic E-state index is 12.5. The molecule has 0 amide bonds. The van der Waals surface area contributed by atoms with Crippen molar-refractivity contribution in [3.8, 4) is 0 Å². The summed E-state index contributed by atoms with van der Waals surface area (Å²) >= 11 is 0. The molecule has 0 N–H and O–H groups in total. The number of carbonyl (C=O) groups is 2. The molecule has 0 aromatic rings. The lowest BCUT2D eigenvalue weighted by molar-refractivity contribution is -0.269. The quantitative estimate of drug-likeness (QED) is 0.667. The minimum atomic E-state index is -0.378. The molecule has 162 valence electrons. The van der Waals surface area contributed by atoms with Gasteiger partial charge in [-0.05, 0) is 93.9 Å². The molecule has 0 atom stereocenters. The maximum Gasteiger partial charge on any atom is 0.325 e. The van der Waals surface area contributed by atoms with Gasteiger partial charge >= 0.3 is 11.9 Å². The van der Waals surface area contributed by atoms with Crippen LogP contribution in [-0.4, -0.2) is 44.2 Å². The van der Waals surface area contributed by atoms with Crippen molar-refractivity contribution in [1.29, 1.82) is 0 Å². The van der Waals surface area contributed by atoms with Gasteiger partial charge in [0.15, 0.2) is 0 Å². The van der Waals surface area contributed by atoms with E-state index < -0.39 is 0 Å². The number of hydrogen-bond donors (Lipinski definition) is 0. The lowest BCUT2D eigenvalue weighted by Gasteiger charge is -2.50. The van der Waals surface area contributed by atoms with Crippen molar-refractivity contribution >= 4 is 11.9 Å². The monoisotopic (exact) mass is 396 g/mol. The van der Waals surface area contributed by atoms with Crippen molar-refractivity contribution in [3.63, 3.8) is 0 Å². The van der Waals surface area contributed by atoms with E-state index in [0.29, 0.717) is 0 Å². The molecule has 2 aliphatic rings.